The maximum atomic E-state index is 12.8. The summed E-state index contributed by atoms with van der Waals surface area (Å²) >= 11 is 0. The molecule has 0 aromatic heterocycles. The summed E-state index contributed by atoms with van der Waals surface area (Å²) in [7, 11) is -1.97. The Morgan fingerprint density at radius 3 is 1.76 bits per heavy atom. The van der Waals surface area contributed by atoms with Gasteiger partial charge in [0.2, 0.25) is 10.0 Å². The van der Waals surface area contributed by atoms with Crippen LogP contribution in [0.4, 0.5) is 0 Å². The minimum Gasteiger partial charge on any atom is -0.383 e. The van der Waals surface area contributed by atoms with E-state index < -0.39 is 10.0 Å². The fraction of sp³-hybridized carbons (Fsp3) is 0.625. The zero-order chi connectivity index (χ0) is 16.4. The molecule has 0 aliphatic carbocycles. The minimum absolute atomic E-state index is 0.208. The molecule has 0 radical (unpaired) electrons. The second-order valence-corrected chi connectivity index (χ2v) is 7.29. The number of nitrogens with one attached hydrogen (secondary N) is 1. The van der Waals surface area contributed by atoms with Crippen LogP contribution in [-0.2, 0) is 14.8 Å². The molecular weight excluding hydrogens is 286 g/mol. The Morgan fingerprint density at radius 2 is 1.38 bits per heavy atom. The van der Waals surface area contributed by atoms with Gasteiger partial charge in [-0.25, -0.2) is 13.1 Å². The topological polar surface area (TPSA) is 55.4 Å². The van der Waals surface area contributed by atoms with Gasteiger partial charge in [-0.3, -0.25) is 0 Å². The summed E-state index contributed by atoms with van der Waals surface area (Å²) < 4.78 is 33.4. The molecule has 1 aromatic rings. The predicted octanol–water partition coefficient (Wildman–Crippen LogP) is 2.93. The SMILES string of the molecule is CCC(COC)NS(=O)(=O)c1c(C)c(C)c(C)c(C)c1C. The predicted molar refractivity (Wildman–Crippen MR) is 86.4 cm³/mol. The Morgan fingerprint density at radius 1 is 0.952 bits per heavy atom. The molecule has 1 N–H and O–H groups in total. The third-order valence-corrected chi connectivity index (χ3v) is 6.18. The molecular formula is C16H27NO3S. The van der Waals surface area contributed by atoms with Gasteiger partial charge in [0.05, 0.1) is 11.5 Å². The fourth-order valence-corrected chi connectivity index (χ4v) is 4.49. The van der Waals surface area contributed by atoms with Gasteiger partial charge in [0.25, 0.3) is 0 Å². The summed E-state index contributed by atoms with van der Waals surface area (Å²) in [5.41, 5.74) is 4.90. The van der Waals surface area contributed by atoms with Crippen molar-refractivity contribution < 1.29 is 13.2 Å². The van der Waals surface area contributed by atoms with Crippen LogP contribution in [0.3, 0.4) is 0 Å². The van der Waals surface area contributed by atoms with Crippen molar-refractivity contribution in [1.29, 1.82) is 0 Å². The molecule has 1 aromatic carbocycles. The molecule has 0 aliphatic heterocycles. The number of hydrogen-bond acceptors (Lipinski definition) is 3. The molecule has 0 bridgehead atoms. The van der Waals surface area contributed by atoms with Crippen LogP contribution < -0.4 is 4.72 Å². The lowest BCUT2D eigenvalue weighted by Gasteiger charge is -2.22. The monoisotopic (exact) mass is 313 g/mol. The van der Waals surface area contributed by atoms with Crippen LogP contribution in [0.1, 0.15) is 41.2 Å². The van der Waals surface area contributed by atoms with E-state index in [1.54, 1.807) is 7.11 Å². The molecule has 0 aliphatic rings. The van der Waals surface area contributed by atoms with E-state index in [9.17, 15) is 8.42 Å². The molecule has 1 rings (SSSR count). The Bertz CT molecular complexity index is 592. The second-order valence-electron chi connectivity index (χ2n) is 5.64. The highest BCUT2D eigenvalue weighted by molar-refractivity contribution is 7.89. The lowest BCUT2D eigenvalue weighted by atomic mass is 9.95. The van der Waals surface area contributed by atoms with Gasteiger partial charge in [-0.05, 0) is 68.9 Å². The Kier molecular flexibility index (Phi) is 5.96. The third kappa shape index (κ3) is 3.65. The van der Waals surface area contributed by atoms with E-state index >= 15 is 0 Å². The molecule has 0 heterocycles. The Hall–Kier alpha value is -0.910. The molecule has 0 amide bonds. The van der Waals surface area contributed by atoms with E-state index in [4.69, 9.17) is 4.74 Å². The van der Waals surface area contributed by atoms with Crippen molar-refractivity contribution in [2.24, 2.45) is 0 Å². The molecule has 120 valence electrons. The molecule has 1 unspecified atom stereocenters. The summed E-state index contributed by atoms with van der Waals surface area (Å²) in [6.45, 7) is 12.1. The maximum absolute atomic E-state index is 12.8. The first-order chi connectivity index (χ1) is 9.67. The summed E-state index contributed by atoms with van der Waals surface area (Å²) in [6.07, 6.45) is 0.689. The highest BCUT2D eigenvalue weighted by Gasteiger charge is 2.25. The summed E-state index contributed by atoms with van der Waals surface area (Å²) in [5.74, 6) is 0. The Labute approximate surface area is 129 Å². The van der Waals surface area contributed by atoms with Gasteiger partial charge in [-0.2, -0.15) is 0 Å². The number of methoxy groups -OCH3 is 1. The second kappa shape index (κ2) is 6.90. The average molecular weight is 313 g/mol. The van der Waals surface area contributed by atoms with Crippen LogP contribution in [0.15, 0.2) is 4.90 Å². The standard InChI is InChI=1S/C16H27NO3S/c1-8-15(9-20-7)17-21(18,19)16-13(5)11(3)10(2)12(4)14(16)6/h15,17H,8-9H2,1-7H3. The van der Waals surface area contributed by atoms with E-state index in [2.05, 4.69) is 4.72 Å². The fourth-order valence-electron chi connectivity index (χ4n) is 2.58. The normalized spacial score (nSPS) is 13.5. The molecule has 0 saturated heterocycles. The van der Waals surface area contributed by atoms with Crippen LogP contribution in [0.2, 0.25) is 0 Å². The smallest absolute Gasteiger partial charge is 0.241 e. The number of sulfonamides is 1. The van der Waals surface area contributed by atoms with E-state index in [0.717, 1.165) is 27.8 Å². The highest BCUT2D eigenvalue weighted by Crippen LogP contribution is 2.29. The maximum Gasteiger partial charge on any atom is 0.241 e. The molecule has 5 heteroatoms. The lowest BCUT2D eigenvalue weighted by Crippen LogP contribution is -2.38. The van der Waals surface area contributed by atoms with E-state index in [1.807, 2.05) is 41.5 Å². The lowest BCUT2D eigenvalue weighted by molar-refractivity contribution is 0.173. The molecule has 0 spiro atoms. The van der Waals surface area contributed by atoms with Gasteiger partial charge in [-0.15, -0.1) is 0 Å². The van der Waals surface area contributed by atoms with Crippen molar-refractivity contribution in [2.75, 3.05) is 13.7 Å². The van der Waals surface area contributed by atoms with Crippen molar-refractivity contribution in [1.82, 2.24) is 4.72 Å². The van der Waals surface area contributed by atoms with E-state index in [1.165, 1.54) is 0 Å². The number of hydrogen-bond donors (Lipinski definition) is 1. The van der Waals surface area contributed by atoms with Crippen molar-refractivity contribution in [3.63, 3.8) is 0 Å². The van der Waals surface area contributed by atoms with Gasteiger partial charge in [-0.1, -0.05) is 6.92 Å². The Balaban J connectivity index is 3.39. The molecule has 21 heavy (non-hydrogen) atoms. The zero-order valence-corrected chi connectivity index (χ0v) is 14.9. The zero-order valence-electron chi connectivity index (χ0n) is 14.1. The first kappa shape index (κ1) is 18.1. The van der Waals surface area contributed by atoms with Crippen molar-refractivity contribution in [3.8, 4) is 0 Å². The first-order valence-electron chi connectivity index (χ1n) is 7.25. The number of benzene rings is 1. The average Bonchev–Trinajstić information content (AvgIpc) is 2.42. The van der Waals surface area contributed by atoms with Crippen LogP contribution in [0, 0.1) is 34.6 Å². The number of ether oxygens (including phenoxy) is 1. The van der Waals surface area contributed by atoms with Gasteiger partial charge in [0, 0.05) is 13.2 Å². The van der Waals surface area contributed by atoms with Crippen LogP contribution in [0.5, 0.6) is 0 Å². The van der Waals surface area contributed by atoms with Gasteiger partial charge in [0.1, 0.15) is 0 Å². The minimum atomic E-state index is -3.55. The van der Waals surface area contributed by atoms with Gasteiger partial charge in [0.15, 0.2) is 0 Å². The van der Waals surface area contributed by atoms with E-state index in [-0.39, 0.29) is 6.04 Å². The van der Waals surface area contributed by atoms with Crippen LogP contribution >= 0.6 is 0 Å². The quantitative estimate of drug-likeness (QED) is 0.878. The molecule has 0 saturated carbocycles. The molecule has 1 atom stereocenters. The third-order valence-electron chi connectivity index (χ3n) is 4.38. The van der Waals surface area contributed by atoms with Gasteiger partial charge >= 0.3 is 0 Å². The van der Waals surface area contributed by atoms with Crippen molar-refractivity contribution in [2.45, 2.75) is 58.9 Å². The van der Waals surface area contributed by atoms with Crippen LogP contribution in [-0.4, -0.2) is 28.2 Å². The first-order valence-corrected chi connectivity index (χ1v) is 8.73. The highest BCUT2D eigenvalue weighted by atomic mass is 32.2. The molecule has 4 nitrogen and oxygen atoms in total. The summed E-state index contributed by atoms with van der Waals surface area (Å²) in [5, 5.41) is 0. The van der Waals surface area contributed by atoms with Gasteiger partial charge < -0.3 is 4.74 Å². The van der Waals surface area contributed by atoms with Crippen molar-refractivity contribution >= 4 is 10.0 Å². The summed E-state index contributed by atoms with van der Waals surface area (Å²) in [6, 6.07) is -0.208. The van der Waals surface area contributed by atoms with E-state index in [0.29, 0.717) is 17.9 Å². The largest absolute Gasteiger partial charge is 0.383 e. The number of rotatable bonds is 6. The van der Waals surface area contributed by atoms with Crippen molar-refractivity contribution in [3.05, 3.63) is 27.8 Å². The molecule has 0 fully saturated rings. The van der Waals surface area contributed by atoms with Crippen LogP contribution in [0.25, 0.3) is 0 Å². The summed E-state index contributed by atoms with van der Waals surface area (Å²) in [4.78, 5) is 0.414.